The standard InChI is InChI=1S/C17H20N2O2S/c1-12-9-19(10-15(21-12)14-7-8-22-11-14)17(20)16(18)13-5-3-2-4-6-13/h2-8,11-12,15-16H,9-10,18H2,1H3/t12-,15-,16+/m1/s1. The molecule has 1 saturated heterocycles. The molecule has 3 rings (SSSR count). The number of ether oxygens (including phenoxy) is 1. The van der Waals surface area contributed by atoms with E-state index in [1.54, 1.807) is 11.3 Å². The summed E-state index contributed by atoms with van der Waals surface area (Å²) in [6, 6.07) is 10.9. The smallest absolute Gasteiger partial charge is 0.244 e. The monoisotopic (exact) mass is 316 g/mol. The molecule has 0 unspecified atom stereocenters. The lowest BCUT2D eigenvalue weighted by Crippen LogP contribution is -2.48. The molecule has 1 fully saturated rings. The minimum Gasteiger partial charge on any atom is -0.367 e. The average molecular weight is 316 g/mol. The highest BCUT2D eigenvalue weighted by Crippen LogP contribution is 2.28. The summed E-state index contributed by atoms with van der Waals surface area (Å²) in [6.07, 6.45) is -0.0625. The van der Waals surface area contributed by atoms with Crippen molar-refractivity contribution >= 4 is 17.2 Å². The zero-order valence-electron chi connectivity index (χ0n) is 12.5. The van der Waals surface area contributed by atoms with Crippen LogP contribution in [0, 0.1) is 0 Å². The molecule has 1 aliphatic rings. The topological polar surface area (TPSA) is 55.6 Å². The minimum absolute atomic E-state index is 0.00516. The van der Waals surface area contributed by atoms with E-state index in [2.05, 4.69) is 5.38 Å². The number of nitrogens with two attached hydrogens (primary N) is 1. The lowest BCUT2D eigenvalue weighted by Gasteiger charge is -2.37. The fourth-order valence-corrected chi connectivity index (χ4v) is 3.48. The number of nitrogens with zero attached hydrogens (tertiary/aromatic N) is 1. The Morgan fingerprint density at radius 3 is 2.77 bits per heavy atom. The summed E-state index contributed by atoms with van der Waals surface area (Å²) >= 11 is 1.64. The van der Waals surface area contributed by atoms with E-state index in [-0.39, 0.29) is 18.1 Å². The first-order chi connectivity index (χ1) is 10.6. The molecule has 22 heavy (non-hydrogen) atoms. The number of hydrogen-bond acceptors (Lipinski definition) is 4. The fraction of sp³-hybridized carbons (Fsp3) is 0.353. The Bertz CT molecular complexity index is 615. The van der Waals surface area contributed by atoms with Gasteiger partial charge in [0.2, 0.25) is 5.91 Å². The van der Waals surface area contributed by atoms with Gasteiger partial charge in [0.25, 0.3) is 0 Å². The van der Waals surface area contributed by atoms with Gasteiger partial charge in [-0.2, -0.15) is 11.3 Å². The molecule has 2 aromatic rings. The number of carbonyl (C=O) groups is 1. The van der Waals surface area contributed by atoms with E-state index in [0.29, 0.717) is 13.1 Å². The number of carbonyl (C=O) groups excluding carboxylic acids is 1. The van der Waals surface area contributed by atoms with E-state index >= 15 is 0 Å². The van der Waals surface area contributed by atoms with Gasteiger partial charge < -0.3 is 15.4 Å². The zero-order valence-corrected chi connectivity index (χ0v) is 13.3. The van der Waals surface area contributed by atoms with Crippen molar-refractivity contribution < 1.29 is 9.53 Å². The molecule has 1 aromatic heterocycles. The van der Waals surface area contributed by atoms with Gasteiger partial charge in [-0.15, -0.1) is 0 Å². The molecule has 4 nitrogen and oxygen atoms in total. The SMILES string of the molecule is C[C@@H]1CN(C(=O)[C@@H](N)c2ccccc2)C[C@H](c2ccsc2)O1. The van der Waals surface area contributed by atoms with E-state index < -0.39 is 6.04 Å². The van der Waals surface area contributed by atoms with Crippen LogP contribution in [0.2, 0.25) is 0 Å². The molecular weight excluding hydrogens is 296 g/mol. The summed E-state index contributed by atoms with van der Waals surface area (Å²) in [5.74, 6) is -0.0402. The third-order valence-corrected chi connectivity index (χ3v) is 4.61. The molecule has 0 radical (unpaired) electrons. The Labute approximate surface area is 134 Å². The molecule has 2 N–H and O–H groups in total. The Morgan fingerprint density at radius 2 is 2.09 bits per heavy atom. The summed E-state index contributed by atoms with van der Waals surface area (Å²) in [4.78, 5) is 14.5. The third-order valence-electron chi connectivity index (χ3n) is 3.91. The maximum Gasteiger partial charge on any atom is 0.244 e. The van der Waals surface area contributed by atoms with Gasteiger partial charge in [0.05, 0.1) is 12.6 Å². The Balaban J connectivity index is 1.74. The van der Waals surface area contributed by atoms with Crippen LogP contribution in [0.3, 0.4) is 0 Å². The second kappa shape index (κ2) is 6.60. The van der Waals surface area contributed by atoms with Crippen molar-refractivity contribution in [2.75, 3.05) is 13.1 Å². The summed E-state index contributed by atoms with van der Waals surface area (Å²) in [6.45, 7) is 3.13. The molecule has 1 amide bonds. The Kier molecular flexibility index (Phi) is 4.57. The highest BCUT2D eigenvalue weighted by molar-refractivity contribution is 7.07. The minimum atomic E-state index is -0.616. The van der Waals surface area contributed by atoms with Gasteiger partial charge in [-0.05, 0) is 34.9 Å². The molecule has 3 atom stereocenters. The van der Waals surface area contributed by atoms with Crippen LogP contribution in [-0.2, 0) is 9.53 Å². The highest BCUT2D eigenvalue weighted by Gasteiger charge is 2.32. The van der Waals surface area contributed by atoms with Crippen molar-refractivity contribution in [1.82, 2.24) is 4.90 Å². The predicted octanol–water partition coefficient (Wildman–Crippen LogP) is 2.74. The molecule has 1 aromatic carbocycles. The molecule has 5 heteroatoms. The van der Waals surface area contributed by atoms with Crippen LogP contribution in [-0.4, -0.2) is 30.0 Å². The highest BCUT2D eigenvalue weighted by atomic mass is 32.1. The Morgan fingerprint density at radius 1 is 1.32 bits per heavy atom. The van der Waals surface area contributed by atoms with Crippen LogP contribution in [0.1, 0.15) is 30.2 Å². The number of amides is 1. The van der Waals surface area contributed by atoms with E-state index in [0.717, 1.165) is 11.1 Å². The molecule has 0 spiro atoms. The van der Waals surface area contributed by atoms with Gasteiger partial charge in [-0.1, -0.05) is 30.3 Å². The zero-order chi connectivity index (χ0) is 15.5. The maximum atomic E-state index is 12.7. The van der Waals surface area contributed by atoms with Gasteiger partial charge >= 0.3 is 0 Å². The predicted molar refractivity (Wildman–Crippen MR) is 87.6 cm³/mol. The van der Waals surface area contributed by atoms with Crippen LogP contribution in [0.4, 0.5) is 0 Å². The van der Waals surface area contributed by atoms with Crippen molar-refractivity contribution in [1.29, 1.82) is 0 Å². The first-order valence-electron chi connectivity index (χ1n) is 7.42. The second-order valence-corrected chi connectivity index (χ2v) is 6.40. The molecule has 1 aliphatic heterocycles. The lowest BCUT2D eigenvalue weighted by molar-refractivity contribution is -0.146. The molecule has 2 heterocycles. The number of benzene rings is 1. The van der Waals surface area contributed by atoms with Crippen LogP contribution >= 0.6 is 11.3 Å². The van der Waals surface area contributed by atoms with Crippen molar-refractivity contribution in [2.45, 2.75) is 25.2 Å². The molecule has 0 saturated carbocycles. The molecule has 116 valence electrons. The van der Waals surface area contributed by atoms with Crippen molar-refractivity contribution in [2.24, 2.45) is 5.73 Å². The van der Waals surface area contributed by atoms with E-state index in [1.165, 1.54) is 0 Å². The molecule has 0 aliphatic carbocycles. The summed E-state index contributed by atoms with van der Waals surface area (Å²) in [7, 11) is 0. The van der Waals surface area contributed by atoms with Gasteiger partial charge in [0.1, 0.15) is 12.1 Å². The number of rotatable bonds is 3. The Hall–Kier alpha value is -1.69. The van der Waals surface area contributed by atoms with E-state index in [1.807, 2.05) is 53.6 Å². The van der Waals surface area contributed by atoms with Crippen molar-refractivity contribution in [3.05, 3.63) is 58.3 Å². The summed E-state index contributed by atoms with van der Waals surface area (Å²) < 4.78 is 5.97. The first-order valence-corrected chi connectivity index (χ1v) is 8.36. The van der Waals surface area contributed by atoms with E-state index in [9.17, 15) is 4.79 Å². The van der Waals surface area contributed by atoms with Crippen LogP contribution < -0.4 is 5.73 Å². The summed E-state index contributed by atoms with van der Waals surface area (Å²) in [5, 5.41) is 4.10. The first kappa shape index (κ1) is 15.2. The summed E-state index contributed by atoms with van der Waals surface area (Å²) in [5.41, 5.74) is 8.12. The normalized spacial score (nSPS) is 23.3. The van der Waals surface area contributed by atoms with Gasteiger partial charge in [-0.3, -0.25) is 4.79 Å². The fourth-order valence-electron chi connectivity index (χ4n) is 2.77. The number of morpholine rings is 1. The third kappa shape index (κ3) is 3.21. The number of hydrogen-bond donors (Lipinski definition) is 1. The van der Waals surface area contributed by atoms with Crippen LogP contribution in [0.5, 0.6) is 0 Å². The van der Waals surface area contributed by atoms with Crippen LogP contribution in [0.15, 0.2) is 47.2 Å². The second-order valence-electron chi connectivity index (χ2n) is 5.62. The van der Waals surface area contributed by atoms with E-state index in [4.69, 9.17) is 10.5 Å². The van der Waals surface area contributed by atoms with Gasteiger partial charge in [0.15, 0.2) is 0 Å². The van der Waals surface area contributed by atoms with Crippen molar-refractivity contribution in [3.8, 4) is 0 Å². The number of thiophene rings is 1. The van der Waals surface area contributed by atoms with Gasteiger partial charge in [-0.25, -0.2) is 0 Å². The maximum absolute atomic E-state index is 12.7. The molecule has 0 bridgehead atoms. The largest absolute Gasteiger partial charge is 0.367 e. The average Bonchev–Trinajstić information content (AvgIpc) is 3.08. The van der Waals surface area contributed by atoms with Gasteiger partial charge in [0, 0.05) is 6.54 Å². The molecular formula is C17H20N2O2S. The quantitative estimate of drug-likeness (QED) is 0.947. The van der Waals surface area contributed by atoms with Crippen molar-refractivity contribution in [3.63, 3.8) is 0 Å². The lowest BCUT2D eigenvalue weighted by atomic mass is 10.0. The van der Waals surface area contributed by atoms with Crippen LogP contribution in [0.25, 0.3) is 0 Å².